The van der Waals surface area contributed by atoms with Crippen molar-refractivity contribution in [2.24, 2.45) is 0 Å². The topological polar surface area (TPSA) is 25.6 Å². The zero-order valence-electron chi connectivity index (χ0n) is 6.39. The van der Waals surface area contributed by atoms with Crippen molar-refractivity contribution in [3.05, 3.63) is 35.4 Å². The first-order valence-corrected chi connectivity index (χ1v) is 3.36. The maximum absolute atomic E-state index is 5.60. The molecule has 52 valence electrons. The average Bonchev–Trinajstić information content (AvgIpc) is 1.88. The number of hydrogen-bond donors (Lipinski definition) is 1. The van der Waals surface area contributed by atoms with Crippen molar-refractivity contribution >= 4 is 5.71 Å². The van der Waals surface area contributed by atoms with Gasteiger partial charge in [0.15, 0.2) is 5.71 Å². The first-order valence-electron chi connectivity index (χ1n) is 3.36. The smallest absolute Gasteiger partial charge is 0.176 e. The molecule has 0 aliphatic carbocycles. The lowest BCUT2D eigenvalue weighted by Gasteiger charge is -1.93. The van der Waals surface area contributed by atoms with Crippen molar-refractivity contribution in [1.29, 1.82) is 0 Å². The molecule has 0 saturated heterocycles. The predicted octanol–water partition coefficient (Wildman–Crippen LogP) is 0.563. The van der Waals surface area contributed by atoms with Crippen LogP contribution in [0, 0.1) is 6.92 Å². The van der Waals surface area contributed by atoms with Gasteiger partial charge in [-0.2, -0.15) is 0 Å². The highest BCUT2D eigenvalue weighted by atomic mass is 14.4. The van der Waals surface area contributed by atoms with E-state index in [1.165, 1.54) is 5.56 Å². The Kier molecular flexibility index (Phi) is 1.86. The summed E-state index contributed by atoms with van der Waals surface area (Å²) >= 11 is 0. The van der Waals surface area contributed by atoms with Crippen molar-refractivity contribution in [2.75, 3.05) is 0 Å². The molecule has 0 saturated carbocycles. The van der Waals surface area contributed by atoms with Gasteiger partial charge in [0.05, 0.1) is 0 Å². The molecular formula is C9H12N+. The standard InChI is InChI=1S/C9H11N/c1-7-4-3-5-9(6-7)8(2)10/h3-6,10H,1-2H3/p+1. The largest absolute Gasteiger partial charge is 0.258 e. The molecule has 0 heterocycles. The number of benzene rings is 1. The molecule has 0 aliphatic heterocycles. The molecule has 0 bridgehead atoms. The van der Waals surface area contributed by atoms with Crippen LogP contribution in [-0.4, -0.2) is 5.71 Å². The highest BCUT2D eigenvalue weighted by Crippen LogP contribution is 2.02. The first kappa shape index (κ1) is 7.00. The molecule has 0 unspecified atom stereocenters. The summed E-state index contributed by atoms with van der Waals surface area (Å²) in [7, 11) is 0. The summed E-state index contributed by atoms with van der Waals surface area (Å²) in [6.07, 6.45) is 0. The zero-order valence-corrected chi connectivity index (χ0v) is 6.39. The van der Waals surface area contributed by atoms with Gasteiger partial charge in [0, 0.05) is 12.5 Å². The molecule has 0 aliphatic rings. The minimum atomic E-state index is 0.878. The van der Waals surface area contributed by atoms with Gasteiger partial charge in [-0.15, -0.1) is 0 Å². The third kappa shape index (κ3) is 1.44. The van der Waals surface area contributed by atoms with E-state index in [1.807, 2.05) is 19.1 Å². The van der Waals surface area contributed by atoms with E-state index in [4.69, 9.17) is 5.41 Å². The van der Waals surface area contributed by atoms with E-state index in [0.29, 0.717) is 0 Å². The van der Waals surface area contributed by atoms with Crippen molar-refractivity contribution in [3.8, 4) is 0 Å². The summed E-state index contributed by atoms with van der Waals surface area (Å²) < 4.78 is 0. The molecule has 0 radical (unpaired) electrons. The normalized spacial score (nSPS) is 9.40. The van der Waals surface area contributed by atoms with Crippen LogP contribution in [0.4, 0.5) is 0 Å². The number of rotatable bonds is 1. The van der Waals surface area contributed by atoms with E-state index in [1.54, 1.807) is 0 Å². The van der Waals surface area contributed by atoms with Crippen LogP contribution in [0.2, 0.25) is 0 Å². The third-order valence-electron chi connectivity index (χ3n) is 1.47. The number of aryl methyl sites for hydroxylation is 1. The fourth-order valence-electron chi connectivity index (χ4n) is 0.890. The molecule has 0 amide bonds. The molecule has 1 heteroatoms. The molecule has 0 atom stereocenters. The number of hydrogen-bond acceptors (Lipinski definition) is 0. The van der Waals surface area contributed by atoms with Crippen LogP contribution >= 0.6 is 0 Å². The summed E-state index contributed by atoms with van der Waals surface area (Å²) in [5.74, 6) is 0. The summed E-state index contributed by atoms with van der Waals surface area (Å²) in [6.45, 7) is 3.97. The van der Waals surface area contributed by atoms with Crippen LogP contribution in [0.1, 0.15) is 18.1 Å². The van der Waals surface area contributed by atoms with Crippen molar-refractivity contribution in [2.45, 2.75) is 13.8 Å². The quantitative estimate of drug-likeness (QED) is 0.543. The third-order valence-corrected chi connectivity index (χ3v) is 1.47. The van der Waals surface area contributed by atoms with Crippen molar-refractivity contribution < 1.29 is 5.41 Å². The molecular weight excluding hydrogens is 122 g/mol. The van der Waals surface area contributed by atoms with Crippen molar-refractivity contribution in [1.82, 2.24) is 0 Å². The Balaban J connectivity index is 3.07. The van der Waals surface area contributed by atoms with Gasteiger partial charge >= 0.3 is 0 Å². The van der Waals surface area contributed by atoms with Crippen molar-refractivity contribution in [3.63, 3.8) is 0 Å². The minimum Gasteiger partial charge on any atom is -0.258 e. The molecule has 2 N–H and O–H groups in total. The van der Waals surface area contributed by atoms with Gasteiger partial charge in [-0.1, -0.05) is 17.7 Å². The van der Waals surface area contributed by atoms with Gasteiger partial charge in [0.25, 0.3) is 0 Å². The van der Waals surface area contributed by atoms with E-state index >= 15 is 0 Å². The minimum absolute atomic E-state index is 0.878. The Hall–Kier alpha value is -1.11. The first-order chi connectivity index (χ1) is 4.70. The van der Waals surface area contributed by atoms with Gasteiger partial charge in [0.1, 0.15) is 0 Å². The van der Waals surface area contributed by atoms with Gasteiger partial charge in [0.2, 0.25) is 0 Å². The highest BCUT2D eigenvalue weighted by Gasteiger charge is 1.97. The number of nitrogens with two attached hydrogens (primary N) is 1. The lowest BCUT2D eigenvalue weighted by molar-refractivity contribution is -0.113. The fourth-order valence-corrected chi connectivity index (χ4v) is 0.890. The van der Waals surface area contributed by atoms with E-state index < -0.39 is 0 Å². The van der Waals surface area contributed by atoms with Crippen LogP contribution in [0.15, 0.2) is 24.3 Å². The Labute approximate surface area is 61.2 Å². The van der Waals surface area contributed by atoms with Crippen LogP contribution < -0.4 is 5.41 Å². The van der Waals surface area contributed by atoms with E-state index in [9.17, 15) is 0 Å². The Morgan fingerprint density at radius 2 is 2.10 bits per heavy atom. The van der Waals surface area contributed by atoms with Gasteiger partial charge in [-0.05, 0) is 19.1 Å². The Morgan fingerprint density at radius 1 is 1.40 bits per heavy atom. The molecule has 10 heavy (non-hydrogen) atoms. The fraction of sp³-hybridized carbons (Fsp3) is 0.222. The lowest BCUT2D eigenvalue weighted by Crippen LogP contribution is -2.38. The molecule has 1 aromatic rings. The molecule has 1 rings (SSSR count). The SMILES string of the molecule is CC(=[NH2+])c1cccc(C)c1. The second-order valence-corrected chi connectivity index (χ2v) is 2.55. The molecule has 1 nitrogen and oxygen atoms in total. The zero-order chi connectivity index (χ0) is 7.56. The van der Waals surface area contributed by atoms with Crippen LogP contribution in [0.5, 0.6) is 0 Å². The molecule has 0 spiro atoms. The Morgan fingerprint density at radius 3 is 2.50 bits per heavy atom. The summed E-state index contributed by atoms with van der Waals surface area (Å²) in [5.41, 5.74) is 3.26. The second-order valence-electron chi connectivity index (χ2n) is 2.55. The Bertz CT molecular complexity index is 251. The maximum Gasteiger partial charge on any atom is 0.176 e. The molecule has 0 aromatic heterocycles. The maximum atomic E-state index is 5.60. The lowest BCUT2D eigenvalue weighted by atomic mass is 10.1. The monoisotopic (exact) mass is 134 g/mol. The second kappa shape index (κ2) is 2.65. The van der Waals surface area contributed by atoms with Gasteiger partial charge in [-0.25, -0.2) is 0 Å². The van der Waals surface area contributed by atoms with Gasteiger partial charge in [-0.3, -0.25) is 5.41 Å². The van der Waals surface area contributed by atoms with Crippen LogP contribution in [-0.2, 0) is 0 Å². The summed E-state index contributed by atoms with van der Waals surface area (Å²) in [4.78, 5) is 0. The van der Waals surface area contributed by atoms with Gasteiger partial charge < -0.3 is 0 Å². The highest BCUT2D eigenvalue weighted by molar-refractivity contribution is 5.93. The van der Waals surface area contributed by atoms with E-state index in [2.05, 4.69) is 19.1 Å². The van der Waals surface area contributed by atoms with Crippen LogP contribution in [0.3, 0.4) is 0 Å². The molecule has 1 aromatic carbocycles. The summed E-state index contributed by atoms with van der Waals surface area (Å²) in [6, 6.07) is 8.17. The van der Waals surface area contributed by atoms with E-state index in [-0.39, 0.29) is 0 Å². The van der Waals surface area contributed by atoms with E-state index in [0.717, 1.165) is 11.3 Å². The average molecular weight is 134 g/mol. The molecule has 0 fully saturated rings. The summed E-state index contributed by atoms with van der Waals surface area (Å²) in [5, 5.41) is 5.60. The van der Waals surface area contributed by atoms with Crippen LogP contribution in [0.25, 0.3) is 0 Å². The predicted molar refractivity (Wildman–Crippen MR) is 42.9 cm³/mol.